The van der Waals surface area contributed by atoms with Crippen LogP contribution in [-0.4, -0.2) is 24.9 Å². The van der Waals surface area contributed by atoms with Crippen LogP contribution in [0.25, 0.3) is 0 Å². The molecule has 1 aliphatic rings. The summed E-state index contributed by atoms with van der Waals surface area (Å²) >= 11 is 2.02. The molecule has 4 atom stereocenters. The first-order chi connectivity index (χ1) is 9.63. The maximum absolute atomic E-state index is 5.23. The highest BCUT2D eigenvalue weighted by atomic mass is 32.2. The second-order valence-corrected chi connectivity index (χ2v) is 7.23. The topological polar surface area (TPSA) is 21.3 Å². The predicted octanol–water partition coefficient (Wildman–Crippen LogP) is 4.20. The van der Waals surface area contributed by atoms with Crippen LogP contribution in [0.15, 0.2) is 29.2 Å². The number of hydrogen-bond donors (Lipinski definition) is 1. The van der Waals surface area contributed by atoms with Gasteiger partial charge in [-0.2, -0.15) is 0 Å². The third-order valence-electron chi connectivity index (χ3n) is 4.19. The molecule has 0 radical (unpaired) electrons. The van der Waals surface area contributed by atoms with Crippen molar-refractivity contribution in [1.82, 2.24) is 5.32 Å². The van der Waals surface area contributed by atoms with E-state index in [4.69, 9.17) is 4.74 Å². The molecule has 1 aliphatic carbocycles. The van der Waals surface area contributed by atoms with E-state index in [0.29, 0.717) is 11.3 Å². The van der Waals surface area contributed by atoms with Crippen molar-refractivity contribution < 1.29 is 4.74 Å². The third kappa shape index (κ3) is 3.92. The quantitative estimate of drug-likeness (QED) is 0.879. The first kappa shape index (κ1) is 15.7. The maximum Gasteiger partial charge on any atom is 0.118 e. The van der Waals surface area contributed by atoms with E-state index in [-0.39, 0.29) is 0 Å². The summed E-state index contributed by atoms with van der Waals surface area (Å²) in [6, 6.07) is 9.10. The molecule has 2 rings (SSSR count). The first-order valence-corrected chi connectivity index (χ1v) is 8.56. The predicted molar refractivity (Wildman–Crippen MR) is 87.7 cm³/mol. The van der Waals surface area contributed by atoms with Gasteiger partial charge in [0.25, 0.3) is 0 Å². The molecule has 1 aromatic carbocycles. The summed E-state index contributed by atoms with van der Waals surface area (Å²) in [5, 5.41) is 4.36. The van der Waals surface area contributed by atoms with Crippen LogP contribution in [0, 0.1) is 11.8 Å². The van der Waals surface area contributed by atoms with Crippen molar-refractivity contribution in [3.8, 4) is 5.75 Å². The lowest BCUT2D eigenvalue weighted by Gasteiger charge is -2.39. The zero-order valence-electron chi connectivity index (χ0n) is 13.1. The lowest BCUT2D eigenvalue weighted by Crippen LogP contribution is -2.46. The molecular formula is C17H27NOS. The van der Waals surface area contributed by atoms with Crippen LogP contribution in [0.4, 0.5) is 0 Å². The summed E-state index contributed by atoms with van der Waals surface area (Å²) in [5.41, 5.74) is 0. The van der Waals surface area contributed by atoms with Crippen LogP contribution in [0.5, 0.6) is 5.75 Å². The fraction of sp³-hybridized carbons (Fsp3) is 0.647. The van der Waals surface area contributed by atoms with E-state index in [1.165, 1.54) is 17.7 Å². The highest BCUT2D eigenvalue weighted by molar-refractivity contribution is 8.00. The van der Waals surface area contributed by atoms with E-state index in [1.54, 1.807) is 7.11 Å². The lowest BCUT2D eigenvalue weighted by atomic mass is 9.80. The molecule has 2 nitrogen and oxygen atoms in total. The molecule has 3 heteroatoms. The number of rotatable bonds is 5. The van der Waals surface area contributed by atoms with Gasteiger partial charge in [-0.3, -0.25) is 0 Å². The highest BCUT2D eigenvalue weighted by Gasteiger charge is 2.34. The van der Waals surface area contributed by atoms with Crippen LogP contribution < -0.4 is 10.1 Å². The number of thioether (sulfide) groups is 1. The fourth-order valence-corrected chi connectivity index (χ4v) is 4.62. The summed E-state index contributed by atoms with van der Waals surface area (Å²) in [4.78, 5) is 1.35. The molecule has 1 fully saturated rings. The Morgan fingerprint density at radius 3 is 2.50 bits per heavy atom. The molecule has 0 spiro atoms. The average Bonchev–Trinajstić information content (AvgIpc) is 2.43. The van der Waals surface area contributed by atoms with Crippen molar-refractivity contribution in [2.75, 3.05) is 13.7 Å². The molecule has 0 aliphatic heterocycles. The van der Waals surface area contributed by atoms with Gasteiger partial charge in [0.2, 0.25) is 0 Å². The van der Waals surface area contributed by atoms with Gasteiger partial charge in [-0.15, -0.1) is 11.8 Å². The Morgan fingerprint density at radius 2 is 1.90 bits per heavy atom. The highest BCUT2D eigenvalue weighted by Crippen LogP contribution is 2.40. The Kier molecular flexibility index (Phi) is 5.79. The van der Waals surface area contributed by atoms with Crippen molar-refractivity contribution in [3.63, 3.8) is 0 Å². The monoisotopic (exact) mass is 293 g/mol. The Bertz CT molecular complexity index is 406. The summed E-state index contributed by atoms with van der Waals surface area (Å²) in [6.45, 7) is 8.05. The van der Waals surface area contributed by atoms with Gasteiger partial charge in [-0.1, -0.05) is 20.8 Å². The van der Waals surface area contributed by atoms with Crippen molar-refractivity contribution in [2.45, 2.75) is 49.8 Å². The molecule has 1 N–H and O–H groups in total. The van der Waals surface area contributed by atoms with Crippen molar-refractivity contribution in [3.05, 3.63) is 24.3 Å². The normalized spacial score (nSPS) is 30.2. The Labute approximate surface area is 127 Å². The molecule has 20 heavy (non-hydrogen) atoms. The third-order valence-corrected chi connectivity index (χ3v) is 5.80. The Balaban J connectivity index is 2.06. The van der Waals surface area contributed by atoms with Gasteiger partial charge >= 0.3 is 0 Å². The molecule has 0 heterocycles. The minimum absolute atomic E-state index is 0.630. The van der Waals surface area contributed by atoms with Crippen LogP contribution in [-0.2, 0) is 0 Å². The minimum Gasteiger partial charge on any atom is -0.497 e. The van der Waals surface area contributed by atoms with Crippen molar-refractivity contribution in [2.24, 2.45) is 11.8 Å². The van der Waals surface area contributed by atoms with E-state index in [2.05, 4.69) is 50.4 Å². The molecule has 0 amide bonds. The van der Waals surface area contributed by atoms with Crippen LogP contribution in [0.1, 0.15) is 33.6 Å². The molecular weight excluding hydrogens is 266 g/mol. The molecule has 0 bridgehead atoms. The smallest absolute Gasteiger partial charge is 0.118 e. The number of hydrogen-bond acceptors (Lipinski definition) is 3. The van der Waals surface area contributed by atoms with Gasteiger partial charge in [0.05, 0.1) is 7.11 Å². The van der Waals surface area contributed by atoms with E-state index in [9.17, 15) is 0 Å². The number of ether oxygens (including phenoxy) is 1. The SMILES string of the molecule is CCNC1CC(C)CC(C)C1Sc1ccc(OC)cc1. The summed E-state index contributed by atoms with van der Waals surface area (Å²) in [5.74, 6) is 2.53. The van der Waals surface area contributed by atoms with Crippen LogP contribution in [0.3, 0.4) is 0 Å². The molecule has 0 aromatic heterocycles. The number of methoxy groups -OCH3 is 1. The molecule has 4 unspecified atom stereocenters. The molecule has 1 aromatic rings. The van der Waals surface area contributed by atoms with E-state index in [1.807, 2.05) is 11.8 Å². The summed E-state index contributed by atoms with van der Waals surface area (Å²) < 4.78 is 5.23. The van der Waals surface area contributed by atoms with E-state index in [0.717, 1.165) is 24.1 Å². The second-order valence-electron chi connectivity index (χ2n) is 5.98. The number of nitrogens with one attached hydrogen (secondary N) is 1. The average molecular weight is 293 g/mol. The Morgan fingerprint density at radius 1 is 1.20 bits per heavy atom. The second kappa shape index (κ2) is 7.37. The van der Waals surface area contributed by atoms with Crippen LogP contribution >= 0.6 is 11.8 Å². The van der Waals surface area contributed by atoms with E-state index < -0.39 is 0 Å². The summed E-state index contributed by atoms with van der Waals surface area (Å²) in [7, 11) is 1.72. The van der Waals surface area contributed by atoms with Gasteiger partial charge in [-0.25, -0.2) is 0 Å². The zero-order valence-corrected chi connectivity index (χ0v) is 13.9. The summed E-state index contributed by atoms with van der Waals surface area (Å²) in [6.07, 6.45) is 2.64. The molecule has 1 saturated carbocycles. The minimum atomic E-state index is 0.630. The van der Waals surface area contributed by atoms with Gasteiger partial charge in [-0.05, 0) is 55.5 Å². The van der Waals surface area contributed by atoms with Gasteiger partial charge < -0.3 is 10.1 Å². The number of benzene rings is 1. The van der Waals surface area contributed by atoms with Gasteiger partial charge in [0.15, 0.2) is 0 Å². The molecule has 0 saturated heterocycles. The Hall–Kier alpha value is -0.670. The van der Waals surface area contributed by atoms with Crippen molar-refractivity contribution >= 4 is 11.8 Å². The van der Waals surface area contributed by atoms with Crippen molar-refractivity contribution in [1.29, 1.82) is 0 Å². The maximum atomic E-state index is 5.23. The largest absolute Gasteiger partial charge is 0.497 e. The molecule has 112 valence electrons. The fourth-order valence-electron chi connectivity index (χ4n) is 3.30. The van der Waals surface area contributed by atoms with Gasteiger partial charge in [0.1, 0.15) is 5.75 Å². The zero-order chi connectivity index (χ0) is 14.5. The first-order valence-electron chi connectivity index (χ1n) is 7.68. The van der Waals surface area contributed by atoms with Gasteiger partial charge in [0, 0.05) is 16.2 Å². The van der Waals surface area contributed by atoms with Crippen LogP contribution in [0.2, 0.25) is 0 Å². The standard InChI is InChI=1S/C17H27NOS/c1-5-18-16-11-12(2)10-13(3)17(16)20-15-8-6-14(19-4)7-9-15/h6-9,12-13,16-18H,5,10-11H2,1-4H3. The van der Waals surface area contributed by atoms with E-state index >= 15 is 0 Å². The lowest BCUT2D eigenvalue weighted by molar-refractivity contribution is 0.251.